The number of amides is 1. The summed E-state index contributed by atoms with van der Waals surface area (Å²) in [5.74, 6) is 1.59. The molecule has 0 atom stereocenters. The lowest BCUT2D eigenvalue weighted by Crippen LogP contribution is -2.67. The molecule has 1 aliphatic carbocycles. The predicted molar refractivity (Wildman–Crippen MR) is 125 cm³/mol. The van der Waals surface area contributed by atoms with Crippen LogP contribution >= 0.6 is 0 Å². The summed E-state index contributed by atoms with van der Waals surface area (Å²) >= 11 is 0. The van der Waals surface area contributed by atoms with Gasteiger partial charge in [-0.2, -0.15) is 0 Å². The molecule has 1 saturated heterocycles. The molecule has 6 heteroatoms. The maximum atomic E-state index is 11.7. The fourth-order valence-corrected chi connectivity index (χ4v) is 4.52. The molecule has 1 spiro atoms. The number of likely N-dealkylation sites (tertiary alicyclic amines) is 1. The van der Waals surface area contributed by atoms with Crippen LogP contribution in [-0.2, 0) is 4.79 Å². The number of aromatic nitrogens is 2. The van der Waals surface area contributed by atoms with E-state index in [-0.39, 0.29) is 0 Å². The van der Waals surface area contributed by atoms with Crippen molar-refractivity contribution in [2.75, 3.05) is 45.2 Å². The van der Waals surface area contributed by atoms with Crippen LogP contribution < -0.4 is 4.90 Å². The van der Waals surface area contributed by atoms with E-state index in [1.165, 1.54) is 25.7 Å². The molecule has 0 aromatic carbocycles. The first-order chi connectivity index (χ1) is 14.3. The van der Waals surface area contributed by atoms with Crippen molar-refractivity contribution in [3.8, 4) is 0 Å². The van der Waals surface area contributed by atoms with Gasteiger partial charge in [0.05, 0.1) is 18.1 Å². The average molecular weight is 418 g/mol. The molecule has 0 bridgehead atoms. The highest BCUT2D eigenvalue weighted by Gasteiger charge is 2.54. The summed E-state index contributed by atoms with van der Waals surface area (Å²) in [7, 11) is 4.38. The zero-order valence-electron chi connectivity index (χ0n) is 20.3. The quantitative estimate of drug-likeness (QED) is 0.564. The minimum Gasteiger partial charge on any atom is -0.372 e. The summed E-state index contributed by atoms with van der Waals surface area (Å²) in [6, 6.07) is 0.702. The standard InChI is InChI=1S/C22H37N5O.C2H6/c1-6-20(28)27-15-22(16-27)11-18(12-22)25(4)9-7-8-10-26(5)19-13-23-21(17(2)3)24-14-19;1-2/h13-14,17-18H,6-12,15-16H2,1-5H3;1-2H3. The van der Waals surface area contributed by atoms with Gasteiger partial charge in [0.25, 0.3) is 0 Å². The van der Waals surface area contributed by atoms with Gasteiger partial charge >= 0.3 is 0 Å². The van der Waals surface area contributed by atoms with E-state index in [0.29, 0.717) is 29.7 Å². The van der Waals surface area contributed by atoms with E-state index in [1.54, 1.807) is 0 Å². The number of nitrogens with zero attached hydrogens (tertiary/aromatic N) is 5. The van der Waals surface area contributed by atoms with Gasteiger partial charge in [0.1, 0.15) is 5.82 Å². The van der Waals surface area contributed by atoms with Crippen molar-refractivity contribution in [1.82, 2.24) is 19.8 Å². The Kier molecular flexibility index (Phi) is 9.08. The van der Waals surface area contributed by atoms with E-state index in [4.69, 9.17) is 0 Å². The van der Waals surface area contributed by atoms with Gasteiger partial charge in [-0.15, -0.1) is 0 Å². The number of hydrogen-bond donors (Lipinski definition) is 0. The molecule has 0 N–H and O–H groups in total. The predicted octanol–water partition coefficient (Wildman–Crippen LogP) is 4.18. The lowest BCUT2D eigenvalue weighted by atomic mass is 9.60. The fraction of sp³-hybridized carbons (Fsp3) is 0.792. The Bertz CT molecular complexity index is 646. The minimum absolute atomic E-state index is 0.316. The van der Waals surface area contributed by atoms with Crippen LogP contribution in [0.1, 0.15) is 78.5 Å². The lowest BCUT2D eigenvalue weighted by molar-refractivity contribution is -0.156. The molecular formula is C24H43N5O. The van der Waals surface area contributed by atoms with Crippen LogP contribution in [0.2, 0.25) is 0 Å². The molecule has 0 radical (unpaired) electrons. The van der Waals surface area contributed by atoms with Gasteiger partial charge in [-0.1, -0.05) is 34.6 Å². The van der Waals surface area contributed by atoms with Crippen LogP contribution in [0.5, 0.6) is 0 Å². The van der Waals surface area contributed by atoms with Crippen molar-refractivity contribution in [2.45, 2.75) is 78.7 Å². The Balaban J connectivity index is 0.00000155. The van der Waals surface area contributed by atoms with Gasteiger partial charge in [-0.25, -0.2) is 9.97 Å². The molecule has 1 aliphatic heterocycles. The summed E-state index contributed by atoms with van der Waals surface area (Å²) < 4.78 is 0. The van der Waals surface area contributed by atoms with E-state index in [1.807, 2.05) is 38.1 Å². The fourth-order valence-electron chi connectivity index (χ4n) is 4.52. The first kappa shape index (κ1) is 24.6. The first-order valence-electron chi connectivity index (χ1n) is 11.8. The van der Waals surface area contributed by atoms with E-state index in [2.05, 4.69) is 47.7 Å². The van der Waals surface area contributed by atoms with Crippen molar-refractivity contribution in [3.63, 3.8) is 0 Å². The highest BCUT2D eigenvalue weighted by Crippen LogP contribution is 2.50. The van der Waals surface area contributed by atoms with Crippen LogP contribution in [0.3, 0.4) is 0 Å². The van der Waals surface area contributed by atoms with Gasteiger partial charge < -0.3 is 14.7 Å². The summed E-state index contributed by atoms with van der Waals surface area (Å²) in [5, 5.41) is 0. The number of carbonyl (C=O) groups is 1. The number of hydrogen-bond acceptors (Lipinski definition) is 5. The van der Waals surface area contributed by atoms with Gasteiger partial charge in [0.2, 0.25) is 5.91 Å². The molecule has 2 heterocycles. The van der Waals surface area contributed by atoms with E-state index >= 15 is 0 Å². The largest absolute Gasteiger partial charge is 0.372 e. The number of rotatable bonds is 9. The maximum Gasteiger partial charge on any atom is 0.222 e. The van der Waals surface area contributed by atoms with Crippen molar-refractivity contribution in [2.24, 2.45) is 5.41 Å². The third kappa shape index (κ3) is 5.93. The minimum atomic E-state index is 0.316. The molecule has 170 valence electrons. The molecule has 1 aromatic heterocycles. The third-order valence-electron chi connectivity index (χ3n) is 6.54. The highest BCUT2D eigenvalue weighted by molar-refractivity contribution is 5.77. The summed E-state index contributed by atoms with van der Waals surface area (Å²) in [6.07, 6.45) is 9.41. The van der Waals surface area contributed by atoms with Gasteiger partial charge in [0, 0.05) is 50.5 Å². The second kappa shape index (κ2) is 11.1. The first-order valence-corrected chi connectivity index (χ1v) is 11.8. The van der Waals surface area contributed by atoms with E-state index in [9.17, 15) is 4.79 Å². The lowest BCUT2D eigenvalue weighted by Gasteiger charge is -2.60. The van der Waals surface area contributed by atoms with E-state index in [0.717, 1.165) is 37.7 Å². The molecule has 0 unspecified atom stereocenters. The number of carbonyl (C=O) groups excluding carboxylic acids is 1. The molecular weight excluding hydrogens is 374 g/mol. The normalized spacial score (nSPS) is 17.4. The smallest absolute Gasteiger partial charge is 0.222 e. The zero-order valence-corrected chi connectivity index (χ0v) is 20.3. The Morgan fingerprint density at radius 2 is 1.70 bits per heavy atom. The summed E-state index contributed by atoms with van der Waals surface area (Å²) in [4.78, 5) is 27.4. The van der Waals surface area contributed by atoms with Crippen molar-refractivity contribution < 1.29 is 4.79 Å². The van der Waals surface area contributed by atoms with Crippen LogP contribution in [0.25, 0.3) is 0 Å². The average Bonchev–Trinajstić information content (AvgIpc) is 2.70. The Hall–Kier alpha value is -1.69. The van der Waals surface area contributed by atoms with Crippen molar-refractivity contribution in [3.05, 3.63) is 18.2 Å². The Morgan fingerprint density at radius 1 is 1.13 bits per heavy atom. The molecule has 1 amide bonds. The second-order valence-corrected chi connectivity index (χ2v) is 9.23. The van der Waals surface area contributed by atoms with Gasteiger partial charge in [-0.3, -0.25) is 4.79 Å². The zero-order chi connectivity index (χ0) is 22.3. The van der Waals surface area contributed by atoms with Crippen LogP contribution in [0, 0.1) is 5.41 Å². The Labute approximate surface area is 184 Å². The summed E-state index contributed by atoms with van der Waals surface area (Å²) in [6.45, 7) is 14.3. The SMILES string of the molecule is CC.CCC(=O)N1CC2(CC(N(C)CCCCN(C)c3cnc(C(C)C)nc3)C2)C1. The highest BCUT2D eigenvalue weighted by atomic mass is 16.2. The number of anilines is 1. The van der Waals surface area contributed by atoms with Gasteiger partial charge in [-0.05, 0) is 39.3 Å². The third-order valence-corrected chi connectivity index (χ3v) is 6.54. The summed E-state index contributed by atoms with van der Waals surface area (Å²) in [5.41, 5.74) is 1.54. The monoisotopic (exact) mass is 417 g/mol. The molecule has 3 rings (SSSR count). The Morgan fingerprint density at radius 3 is 2.23 bits per heavy atom. The van der Waals surface area contributed by atoms with Crippen LogP contribution in [0.4, 0.5) is 5.69 Å². The molecule has 30 heavy (non-hydrogen) atoms. The molecule has 2 fully saturated rings. The topological polar surface area (TPSA) is 52.6 Å². The number of unbranched alkanes of at least 4 members (excludes halogenated alkanes) is 1. The molecule has 1 aromatic rings. The van der Waals surface area contributed by atoms with Crippen molar-refractivity contribution >= 4 is 11.6 Å². The van der Waals surface area contributed by atoms with Crippen LogP contribution in [-0.4, -0.2) is 72.0 Å². The molecule has 2 aliphatic rings. The van der Waals surface area contributed by atoms with Crippen molar-refractivity contribution in [1.29, 1.82) is 0 Å². The maximum absolute atomic E-state index is 11.7. The van der Waals surface area contributed by atoms with E-state index < -0.39 is 0 Å². The van der Waals surface area contributed by atoms with Crippen LogP contribution in [0.15, 0.2) is 12.4 Å². The second-order valence-electron chi connectivity index (χ2n) is 9.23. The van der Waals surface area contributed by atoms with Gasteiger partial charge in [0.15, 0.2) is 0 Å². The molecule has 6 nitrogen and oxygen atoms in total. The molecule has 1 saturated carbocycles.